The van der Waals surface area contributed by atoms with Crippen LogP contribution in [0.1, 0.15) is 12.5 Å². The minimum atomic E-state index is 0.733. The van der Waals surface area contributed by atoms with Crippen LogP contribution in [-0.4, -0.2) is 13.2 Å². The molecule has 13 heavy (non-hydrogen) atoms. The van der Waals surface area contributed by atoms with Crippen molar-refractivity contribution in [1.29, 1.82) is 0 Å². The van der Waals surface area contributed by atoms with Crippen LogP contribution in [0.25, 0.3) is 0 Å². The average molecular weight is 179 g/mol. The molecule has 0 saturated heterocycles. The highest BCUT2D eigenvalue weighted by Crippen LogP contribution is 2.06. The van der Waals surface area contributed by atoms with Crippen molar-refractivity contribution in [3.05, 3.63) is 29.8 Å². The van der Waals surface area contributed by atoms with Crippen LogP contribution in [0.3, 0.4) is 0 Å². The van der Waals surface area contributed by atoms with Crippen molar-refractivity contribution in [2.24, 2.45) is 0 Å². The second kappa shape index (κ2) is 5.56. The predicted octanol–water partition coefficient (Wildman–Crippen LogP) is 1.48. The van der Waals surface area contributed by atoms with E-state index in [2.05, 4.69) is 54.3 Å². The first kappa shape index (κ1) is 10.0. The van der Waals surface area contributed by atoms with E-state index in [1.165, 1.54) is 5.56 Å². The van der Waals surface area contributed by atoms with Crippen molar-refractivity contribution in [2.75, 3.05) is 18.5 Å². The normalized spacial score (nSPS) is 10.0. The first-order valence-electron chi connectivity index (χ1n) is 4.59. The van der Waals surface area contributed by atoms with Gasteiger partial charge in [-0.1, -0.05) is 24.6 Å². The molecule has 0 fully saturated rings. The zero-order valence-electron chi connectivity index (χ0n) is 8.22. The third-order valence-electron chi connectivity index (χ3n) is 1.73. The van der Waals surface area contributed by atoms with Crippen LogP contribution in [0.4, 0.5) is 5.69 Å². The molecule has 0 saturated carbocycles. The quantitative estimate of drug-likeness (QED) is 0.364. The molecule has 1 rings (SSSR count). The van der Waals surface area contributed by atoms with Crippen LogP contribution in [0.5, 0.6) is 0 Å². The fraction of sp³-hybridized carbons (Fsp3) is 0.400. The highest BCUT2D eigenvalue weighted by Gasteiger charge is 1.88. The number of rotatable bonds is 5. The molecule has 3 N–H and O–H groups in total. The van der Waals surface area contributed by atoms with Gasteiger partial charge in [0.1, 0.15) is 0 Å². The Morgan fingerprint density at radius 2 is 1.77 bits per heavy atom. The van der Waals surface area contributed by atoms with Gasteiger partial charge in [0.15, 0.2) is 0 Å². The molecule has 1 aromatic rings. The smallest absolute Gasteiger partial charge is 0.0783 e. The van der Waals surface area contributed by atoms with Crippen molar-refractivity contribution in [1.82, 2.24) is 10.9 Å². The molecule has 72 valence electrons. The van der Waals surface area contributed by atoms with Crippen molar-refractivity contribution < 1.29 is 0 Å². The minimum Gasteiger partial charge on any atom is -0.371 e. The van der Waals surface area contributed by atoms with Crippen LogP contribution < -0.4 is 16.2 Å². The number of aryl methyl sites for hydroxylation is 1. The molecule has 0 heterocycles. The van der Waals surface area contributed by atoms with E-state index in [4.69, 9.17) is 0 Å². The Bertz CT molecular complexity index is 230. The Hall–Kier alpha value is -1.06. The summed E-state index contributed by atoms with van der Waals surface area (Å²) in [6.07, 6.45) is 0. The maximum atomic E-state index is 3.23. The number of hydrogen-bond donors (Lipinski definition) is 3. The molecule has 0 bridgehead atoms. The van der Waals surface area contributed by atoms with Gasteiger partial charge >= 0.3 is 0 Å². The van der Waals surface area contributed by atoms with Gasteiger partial charge in [0.05, 0.1) is 6.67 Å². The third-order valence-corrected chi connectivity index (χ3v) is 1.73. The highest BCUT2D eigenvalue weighted by molar-refractivity contribution is 5.44. The van der Waals surface area contributed by atoms with Gasteiger partial charge in [-0.05, 0) is 19.1 Å². The van der Waals surface area contributed by atoms with Crippen molar-refractivity contribution in [3.63, 3.8) is 0 Å². The number of benzene rings is 1. The van der Waals surface area contributed by atoms with E-state index in [-0.39, 0.29) is 0 Å². The predicted molar refractivity (Wildman–Crippen MR) is 56.5 cm³/mol. The van der Waals surface area contributed by atoms with Gasteiger partial charge in [0, 0.05) is 12.2 Å². The Kier molecular flexibility index (Phi) is 4.29. The van der Waals surface area contributed by atoms with Gasteiger partial charge < -0.3 is 5.32 Å². The molecular weight excluding hydrogens is 162 g/mol. The Labute approximate surface area is 79.5 Å². The van der Waals surface area contributed by atoms with Crippen LogP contribution in [0.2, 0.25) is 0 Å². The lowest BCUT2D eigenvalue weighted by Crippen LogP contribution is -2.35. The van der Waals surface area contributed by atoms with Gasteiger partial charge in [-0.25, -0.2) is 5.43 Å². The number of hydrazine groups is 1. The Morgan fingerprint density at radius 1 is 1.08 bits per heavy atom. The summed E-state index contributed by atoms with van der Waals surface area (Å²) in [5, 5.41) is 3.23. The SMILES string of the molecule is CCNNCNc1ccc(C)cc1. The first-order valence-corrected chi connectivity index (χ1v) is 4.59. The van der Waals surface area contributed by atoms with Gasteiger partial charge in [-0.2, -0.15) is 0 Å². The van der Waals surface area contributed by atoms with Crippen LogP contribution in [0, 0.1) is 6.92 Å². The maximum Gasteiger partial charge on any atom is 0.0783 e. The van der Waals surface area contributed by atoms with E-state index in [1.54, 1.807) is 0 Å². The van der Waals surface area contributed by atoms with Crippen LogP contribution in [0.15, 0.2) is 24.3 Å². The Balaban J connectivity index is 2.25. The molecule has 3 heteroatoms. The standard InChI is InChI=1S/C10H17N3/c1-3-12-13-8-11-10-6-4-9(2)5-7-10/h4-7,11-13H,3,8H2,1-2H3. The molecule has 0 amide bonds. The summed E-state index contributed by atoms with van der Waals surface area (Å²) in [7, 11) is 0. The van der Waals surface area contributed by atoms with Crippen molar-refractivity contribution >= 4 is 5.69 Å². The lowest BCUT2D eigenvalue weighted by atomic mass is 10.2. The molecule has 0 aliphatic carbocycles. The van der Waals surface area contributed by atoms with E-state index >= 15 is 0 Å². The summed E-state index contributed by atoms with van der Waals surface area (Å²) < 4.78 is 0. The highest BCUT2D eigenvalue weighted by atomic mass is 15.4. The van der Waals surface area contributed by atoms with E-state index in [0.717, 1.165) is 18.9 Å². The summed E-state index contributed by atoms with van der Waals surface area (Å²) >= 11 is 0. The first-order chi connectivity index (χ1) is 6.33. The second-order valence-corrected chi connectivity index (χ2v) is 2.93. The molecule has 0 spiro atoms. The van der Waals surface area contributed by atoms with E-state index in [1.807, 2.05) is 0 Å². The van der Waals surface area contributed by atoms with Gasteiger partial charge in [-0.15, -0.1) is 0 Å². The van der Waals surface area contributed by atoms with Gasteiger partial charge in [-0.3, -0.25) is 5.43 Å². The molecule has 3 nitrogen and oxygen atoms in total. The summed E-state index contributed by atoms with van der Waals surface area (Å²) in [5.74, 6) is 0. The zero-order chi connectivity index (χ0) is 9.52. The fourth-order valence-electron chi connectivity index (χ4n) is 1.01. The third kappa shape index (κ3) is 3.92. The van der Waals surface area contributed by atoms with Crippen molar-refractivity contribution in [2.45, 2.75) is 13.8 Å². The van der Waals surface area contributed by atoms with Crippen LogP contribution >= 0.6 is 0 Å². The number of anilines is 1. The topological polar surface area (TPSA) is 36.1 Å². The molecule has 0 aromatic heterocycles. The van der Waals surface area contributed by atoms with Gasteiger partial charge in [0.25, 0.3) is 0 Å². The largest absolute Gasteiger partial charge is 0.371 e. The Morgan fingerprint density at radius 3 is 2.38 bits per heavy atom. The van der Waals surface area contributed by atoms with Gasteiger partial charge in [0.2, 0.25) is 0 Å². The summed E-state index contributed by atoms with van der Waals surface area (Å²) in [4.78, 5) is 0. The van der Waals surface area contributed by atoms with E-state index < -0.39 is 0 Å². The minimum absolute atomic E-state index is 0.733. The summed E-state index contributed by atoms with van der Waals surface area (Å²) in [5.41, 5.74) is 8.47. The monoisotopic (exact) mass is 179 g/mol. The molecule has 0 radical (unpaired) electrons. The number of hydrogen-bond acceptors (Lipinski definition) is 3. The summed E-state index contributed by atoms with van der Waals surface area (Å²) in [6, 6.07) is 8.33. The molecule has 1 aromatic carbocycles. The zero-order valence-corrected chi connectivity index (χ0v) is 8.22. The molecular formula is C10H17N3. The van der Waals surface area contributed by atoms with Crippen LogP contribution in [-0.2, 0) is 0 Å². The lowest BCUT2D eigenvalue weighted by molar-refractivity contribution is 0.577. The fourth-order valence-corrected chi connectivity index (χ4v) is 1.01. The molecule has 0 unspecified atom stereocenters. The molecule has 0 aliphatic heterocycles. The average Bonchev–Trinajstić information content (AvgIpc) is 2.15. The molecule has 0 aliphatic rings. The lowest BCUT2D eigenvalue weighted by Gasteiger charge is -2.07. The number of nitrogens with one attached hydrogen (secondary N) is 3. The molecule has 0 atom stereocenters. The summed E-state index contributed by atoms with van der Waals surface area (Å²) in [6.45, 7) is 5.80. The van der Waals surface area contributed by atoms with Crippen molar-refractivity contribution in [3.8, 4) is 0 Å². The van der Waals surface area contributed by atoms with E-state index in [9.17, 15) is 0 Å². The van der Waals surface area contributed by atoms with E-state index in [0.29, 0.717) is 0 Å². The maximum absolute atomic E-state index is 3.23. The second-order valence-electron chi connectivity index (χ2n) is 2.93.